The maximum absolute atomic E-state index is 6.13. The monoisotopic (exact) mass is 359 g/mol. The number of hydrogen-bond donors (Lipinski definition) is 1. The first-order valence-corrected chi connectivity index (χ1v) is 8.64. The van der Waals surface area contributed by atoms with Crippen molar-refractivity contribution in [2.45, 2.75) is 13.1 Å². The van der Waals surface area contributed by atoms with E-state index in [9.17, 15) is 0 Å². The zero-order valence-electron chi connectivity index (χ0n) is 12.7. The topological polar surface area (TPSA) is 56.3 Å². The Hall–Kier alpha value is -2.15. The van der Waals surface area contributed by atoms with Crippen molar-refractivity contribution >= 4 is 22.9 Å². The van der Waals surface area contributed by atoms with Crippen molar-refractivity contribution in [2.75, 3.05) is 6.79 Å². The molecule has 4 rings (SSSR count). The smallest absolute Gasteiger partial charge is 0.231 e. The fraction of sp³-hybridized carbons (Fsp3) is 0.176. The summed E-state index contributed by atoms with van der Waals surface area (Å²) in [5.74, 6) is 1.61. The van der Waals surface area contributed by atoms with Crippen LogP contribution < -0.4 is 14.8 Å². The first-order valence-electron chi connectivity index (χ1n) is 7.44. The van der Waals surface area contributed by atoms with Gasteiger partial charge in [-0.2, -0.15) is 0 Å². The van der Waals surface area contributed by atoms with Gasteiger partial charge < -0.3 is 14.8 Å². The van der Waals surface area contributed by atoms with Gasteiger partial charge in [-0.3, -0.25) is 0 Å². The van der Waals surface area contributed by atoms with E-state index in [0.717, 1.165) is 39.1 Å². The Morgan fingerprint density at radius 1 is 1.12 bits per heavy atom. The minimum Gasteiger partial charge on any atom is -0.454 e. The number of aromatic nitrogens is 2. The van der Waals surface area contributed by atoms with E-state index in [2.05, 4.69) is 15.3 Å². The van der Waals surface area contributed by atoms with E-state index in [1.807, 2.05) is 36.5 Å². The standard InChI is InChI=1S/C17H14ClN3O2S/c18-17-12(2-1-5-20-17)15-8-21-16(24-15)9-19-7-11-3-4-13-14(6-11)23-10-22-13/h1-6,8,19H,7,9-10H2. The maximum atomic E-state index is 6.13. The van der Waals surface area contributed by atoms with Crippen LogP contribution in [-0.2, 0) is 13.1 Å². The molecule has 0 fully saturated rings. The minimum absolute atomic E-state index is 0.297. The average Bonchev–Trinajstić information content (AvgIpc) is 3.24. The highest BCUT2D eigenvalue weighted by atomic mass is 35.5. The molecule has 5 nitrogen and oxygen atoms in total. The summed E-state index contributed by atoms with van der Waals surface area (Å²) < 4.78 is 10.7. The molecule has 0 unspecified atom stereocenters. The first-order chi connectivity index (χ1) is 11.8. The van der Waals surface area contributed by atoms with Gasteiger partial charge in [-0.25, -0.2) is 9.97 Å². The van der Waals surface area contributed by atoms with Gasteiger partial charge in [0, 0.05) is 31.0 Å². The van der Waals surface area contributed by atoms with E-state index in [1.54, 1.807) is 17.5 Å². The minimum atomic E-state index is 0.297. The number of hydrogen-bond acceptors (Lipinski definition) is 6. The fourth-order valence-corrected chi connectivity index (χ4v) is 3.64. The number of rotatable bonds is 5. The predicted octanol–water partition coefficient (Wildman–Crippen LogP) is 3.88. The van der Waals surface area contributed by atoms with E-state index >= 15 is 0 Å². The van der Waals surface area contributed by atoms with Gasteiger partial charge in [0.2, 0.25) is 6.79 Å². The number of halogens is 1. The van der Waals surface area contributed by atoms with Crippen molar-refractivity contribution in [3.05, 3.63) is 58.4 Å². The van der Waals surface area contributed by atoms with Crippen LogP contribution in [0.5, 0.6) is 11.5 Å². The Morgan fingerprint density at radius 2 is 2.04 bits per heavy atom. The summed E-state index contributed by atoms with van der Waals surface area (Å²) in [6.45, 7) is 1.72. The van der Waals surface area contributed by atoms with Gasteiger partial charge in [0.05, 0.1) is 4.88 Å². The number of benzene rings is 1. The average molecular weight is 360 g/mol. The highest BCUT2D eigenvalue weighted by Gasteiger charge is 2.13. The van der Waals surface area contributed by atoms with E-state index in [0.29, 0.717) is 18.5 Å². The molecule has 0 aliphatic carbocycles. The highest BCUT2D eigenvalue weighted by molar-refractivity contribution is 7.15. The molecule has 1 aliphatic rings. The molecule has 3 aromatic rings. The van der Waals surface area contributed by atoms with Gasteiger partial charge in [-0.1, -0.05) is 17.7 Å². The van der Waals surface area contributed by atoms with Crippen LogP contribution in [0.4, 0.5) is 0 Å². The third-order valence-corrected chi connectivity index (χ3v) is 4.95. The lowest BCUT2D eigenvalue weighted by Gasteiger charge is -2.04. The molecule has 3 heterocycles. The van der Waals surface area contributed by atoms with Crippen molar-refractivity contribution < 1.29 is 9.47 Å². The van der Waals surface area contributed by atoms with Crippen molar-refractivity contribution in [1.82, 2.24) is 15.3 Å². The van der Waals surface area contributed by atoms with Crippen LogP contribution in [-0.4, -0.2) is 16.8 Å². The molecule has 0 radical (unpaired) electrons. The third kappa shape index (κ3) is 3.21. The van der Waals surface area contributed by atoms with Gasteiger partial charge in [0.15, 0.2) is 11.5 Å². The lowest BCUT2D eigenvalue weighted by atomic mass is 10.2. The molecule has 0 bridgehead atoms. The third-order valence-electron chi connectivity index (χ3n) is 3.62. The summed E-state index contributed by atoms with van der Waals surface area (Å²) in [6, 6.07) is 9.79. The second-order valence-electron chi connectivity index (χ2n) is 5.25. The van der Waals surface area contributed by atoms with Crippen molar-refractivity contribution in [2.24, 2.45) is 0 Å². The lowest BCUT2D eigenvalue weighted by molar-refractivity contribution is 0.174. The van der Waals surface area contributed by atoms with Gasteiger partial charge >= 0.3 is 0 Å². The Bertz CT molecular complexity index is 869. The van der Waals surface area contributed by atoms with Crippen LogP contribution in [0.1, 0.15) is 10.6 Å². The molecular weight excluding hydrogens is 346 g/mol. The largest absolute Gasteiger partial charge is 0.454 e. The number of nitrogens with zero attached hydrogens (tertiary/aromatic N) is 2. The van der Waals surface area contributed by atoms with E-state index < -0.39 is 0 Å². The molecule has 0 saturated carbocycles. The molecule has 2 aromatic heterocycles. The second-order valence-corrected chi connectivity index (χ2v) is 6.72. The number of ether oxygens (including phenoxy) is 2. The molecule has 0 atom stereocenters. The zero-order valence-corrected chi connectivity index (χ0v) is 14.2. The Labute approximate surface area is 148 Å². The van der Waals surface area contributed by atoms with Crippen molar-refractivity contribution in [3.8, 4) is 21.9 Å². The van der Waals surface area contributed by atoms with Crippen molar-refractivity contribution in [3.63, 3.8) is 0 Å². The SMILES string of the molecule is Clc1ncccc1-c1cnc(CNCc2ccc3c(c2)OCO3)s1. The molecule has 0 saturated heterocycles. The van der Waals surface area contributed by atoms with Crippen LogP contribution in [0.15, 0.2) is 42.7 Å². The summed E-state index contributed by atoms with van der Waals surface area (Å²) >= 11 is 7.74. The number of thiazole rings is 1. The van der Waals surface area contributed by atoms with E-state index in [4.69, 9.17) is 21.1 Å². The molecule has 0 amide bonds. The molecule has 1 aromatic carbocycles. The maximum Gasteiger partial charge on any atom is 0.231 e. The fourth-order valence-electron chi connectivity index (χ4n) is 2.45. The molecular formula is C17H14ClN3O2S. The summed E-state index contributed by atoms with van der Waals surface area (Å²) in [7, 11) is 0. The van der Waals surface area contributed by atoms with Crippen LogP contribution in [0.2, 0.25) is 5.15 Å². The first kappa shape index (κ1) is 15.4. The predicted molar refractivity (Wildman–Crippen MR) is 93.5 cm³/mol. The highest BCUT2D eigenvalue weighted by Crippen LogP contribution is 2.33. The Morgan fingerprint density at radius 3 is 2.96 bits per heavy atom. The van der Waals surface area contributed by atoms with E-state index in [-0.39, 0.29) is 0 Å². The summed E-state index contributed by atoms with van der Waals surface area (Å²) in [6.07, 6.45) is 3.52. The number of pyridine rings is 1. The summed E-state index contributed by atoms with van der Waals surface area (Å²) in [5.41, 5.74) is 2.06. The van der Waals surface area contributed by atoms with Crippen LogP contribution in [0, 0.1) is 0 Å². The van der Waals surface area contributed by atoms with Gasteiger partial charge in [-0.15, -0.1) is 11.3 Å². The van der Waals surface area contributed by atoms with E-state index in [1.165, 1.54) is 0 Å². The summed E-state index contributed by atoms with van der Waals surface area (Å²) in [4.78, 5) is 9.57. The molecule has 7 heteroatoms. The summed E-state index contributed by atoms with van der Waals surface area (Å²) in [5, 5.41) is 4.90. The Kier molecular flexibility index (Phi) is 4.34. The molecule has 24 heavy (non-hydrogen) atoms. The van der Waals surface area contributed by atoms with Gasteiger partial charge in [0.1, 0.15) is 10.2 Å². The van der Waals surface area contributed by atoms with Crippen LogP contribution in [0.3, 0.4) is 0 Å². The van der Waals surface area contributed by atoms with Crippen LogP contribution >= 0.6 is 22.9 Å². The van der Waals surface area contributed by atoms with Gasteiger partial charge in [-0.05, 0) is 29.8 Å². The normalized spacial score (nSPS) is 12.5. The molecule has 0 spiro atoms. The quantitative estimate of drug-likeness (QED) is 0.701. The zero-order chi connectivity index (χ0) is 16.4. The second kappa shape index (κ2) is 6.76. The molecule has 122 valence electrons. The molecule has 1 aliphatic heterocycles. The van der Waals surface area contributed by atoms with Crippen molar-refractivity contribution in [1.29, 1.82) is 0 Å². The van der Waals surface area contributed by atoms with Crippen LogP contribution in [0.25, 0.3) is 10.4 Å². The number of fused-ring (bicyclic) bond motifs is 1. The lowest BCUT2D eigenvalue weighted by Crippen LogP contribution is -2.12. The molecule has 1 N–H and O–H groups in total. The number of nitrogens with one attached hydrogen (secondary N) is 1. The van der Waals surface area contributed by atoms with Gasteiger partial charge in [0.25, 0.3) is 0 Å². The Balaban J connectivity index is 1.38.